The summed E-state index contributed by atoms with van der Waals surface area (Å²) >= 11 is 0. The fourth-order valence-electron chi connectivity index (χ4n) is 3.39. The predicted molar refractivity (Wildman–Crippen MR) is 117 cm³/mol. The fraction of sp³-hybridized carbons (Fsp3) is 0.120. The van der Waals surface area contributed by atoms with E-state index in [9.17, 15) is 10.1 Å². The fourth-order valence-corrected chi connectivity index (χ4v) is 3.39. The lowest BCUT2D eigenvalue weighted by Gasteiger charge is -2.08. The first-order chi connectivity index (χ1) is 15.1. The van der Waals surface area contributed by atoms with Gasteiger partial charge in [0.1, 0.15) is 5.78 Å². The van der Waals surface area contributed by atoms with E-state index in [1.807, 2.05) is 55.5 Å². The van der Waals surface area contributed by atoms with E-state index in [1.54, 1.807) is 24.7 Å². The third-order valence-corrected chi connectivity index (χ3v) is 4.88. The Balaban J connectivity index is 1.46. The van der Waals surface area contributed by atoms with E-state index in [1.165, 1.54) is 0 Å². The van der Waals surface area contributed by atoms with Crippen molar-refractivity contribution in [3.63, 3.8) is 0 Å². The molecule has 0 saturated carbocycles. The van der Waals surface area contributed by atoms with Crippen LogP contribution in [0.1, 0.15) is 22.5 Å². The van der Waals surface area contributed by atoms with E-state index in [0.717, 1.165) is 33.6 Å². The lowest BCUT2D eigenvalue weighted by atomic mass is 9.96. The molecule has 0 aliphatic heterocycles. The van der Waals surface area contributed by atoms with Crippen LogP contribution in [0.25, 0.3) is 22.4 Å². The Bertz CT molecular complexity index is 1260. The molecule has 0 atom stereocenters. The van der Waals surface area contributed by atoms with E-state index in [4.69, 9.17) is 0 Å². The Kier molecular flexibility index (Phi) is 5.86. The summed E-state index contributed by atoms with van der Waals surface area (Å²) in [5.74, 6) is 0.0381. The lowest BCUT2D eigenvalue weighted by Crippen LogP contribution is -2.08. The summed E-state index contributed by atoms with van der Waals surface area (Å²) in [5, 5.41) is 17.5. The van der Waals surface area contributed by atoms with Gasteiger partial charge in [0.2, 0.25) is 0 Å². The second-order valence-electron chi connectivity index (χ2n) is 7.22. The zero-order chi connectivity index (χ0) is 21.6. The highest BCUT2D eigenvalue weighted by atomic mass is 16.1. The molecule has 6 heteroatoms. The summed E-state index contributed by atoms with van der Waals surface area (Å²) in [6.45, 7) is 1.91. The van der Waals surface area contributed by atoms with Gasteiger partial charge in [0.05, 0.1) is 17.3 Å². The molecule has 0 spiro atoms. The summed E-state index contributed by atoms with van der Waals surface area (Å²) in [6.07, 6.45) is 5.52. The van der Waals surface area contributed by atoms with Crippen LogP contribution >= 0.6 is 0 Å². The summed E-state index contributed by atoms with van der Waals surface area (Å²) < 4.78 is 0. The zero-order valence-corrected chi connectivity index (χ0v) is 17.0. The minimum atomic E-state index is 0.0381. The molecule has 0 amide bonds. The molecule has 31 heavy (non-hydrogen) atoms. The maximum Gasteiger partial charge on any atom is 0.143 e. The molecule has 4 rings (SSSR count). The van der Waals surface area contributed by atoms with Crippen molar-refractivity contribution in [2.24, 2.45) is 0 Å². The number of benzene rings is 1. The molecule has 1 aromatic carbocycles. The molecule has 0 unspecified atom stereocenters. The highest BCUT2D eigenvalue weighted by Crippen LogP contribution is 2.25. The van der Waals surface area contributed by atoms with Crippen molar-refractivity contribution in [3.05, 3.63) is 95.7 Å². The summed E-state index contributed by atoms with van der Waals surface area (Å²) in [5.41, 5.74) is 6.31. The van der Waals surface area contributed by atoms with Gasteiger partial charge in [-0.15, -0.1) is 0 Å². The highest BCUT2D eigenvalue weighted by molar-refractivity contribution is 5.83. The van der Waals surface area contributed by atoms with Crippen molar-refractivity contribution in [2.45, 2.75) is 19.8 Å². The minimum absolute atomic E-state index is 0.0381. The first-order valence-corrected chi connectivity index (χ1v) is 9.83. The number of Topliss-reactive ketones (excluding diaryl/α,β-unsaturated/α-hetero) is 1. The molecule has 0 N–H and O–H groups in total. The number of nitriles is 1. The van der Waals surface area contributed by atoms with Gasteiger partial charge in [-0.2, -0.15) is 15.5 Å². The number of aryl methyl sites for hydroxylation is 1. The molecule has 0 bridgehead atoms. The molecule has 150 valence electrons. The van der Waals surface area contributed by atoms with Gasteiger partial charge in [-0.05, 0) is 66.1 Å². The summed E-state index contributed by atoms with van der Waals surface area (Å²) in [6, 6.07) is 19.0. The predicted octanol–water partition coefficient (Wildman–Crippen LogP) is 4.14. The van der Waals surface area contributed by atoms with Crippen LogP contribution in [0, 0.1) is 18.3 Å². The SMILES string of the molecule is Cc1cc(-c2ccc(CC(=O)Cc3ccc(-c4cccnn4)cn3)cc2C#N)ccn1. The monoisotopic (exact) mass is 405 g/mol. The number of hydrogen-bond acceptors (Lipinski definition) is 6. The number of pyridine rings is 2. The highest BCUT2D eigenvalue weighted by Gasteiger charge is 2.11. The minimum Gasteiger partial charge on any atom is -0.299 e. The standard InChI is InChI=1S/C25H19N5O/c1-17-11-19(8-10-27-17)24-7-4-18(12-21(24)15-26)13-23(31)14-22-6-5-20(16-28-22)25-3-2-9-29-30-25/h2-12,16H,13-14H2,1H3. The largest absolute Gasteiger partial charge is 0.299 e. The first-order valence-electron chi connectivity index (χ1n) is 9.83. The number of aromatic nitrogens is 4. The molecule has 3 aromatic heterocycles. The number of hydrogen-bond donors (Lipinski definition) is 0. The van der Waals surface area contributed by atoms with Crippen LogP contribution in [0.5, 0.6) is 0 Å². The van der Waals surface area contributed by atoms with Gasteiger partial charge < -0.3 is 0 Å². The second kappa shape index (κ2) is 9.06. The van der Waals surface area contributed by atoms with Crippen LogP contribution in [0.4, 0.5) is 0 Å². The van der Waals surface area contributed by atoms with Crippen LogP contribution in [0.3, 0.4) is 0 Å². The Labute approximate surface area is 180 Å². The van der Waals surface area contributed by atoms with Crippen molar-refractivity contribution < 1.29 is 4.79 Å². The molecular weight excluding hydrogens is 386 g/mol. The van der Waals surface area contributed by atoms with E-state index in [-0.39, 0.29) is 18.6 Å². The molecule has 3 heterocycles. The van der Waals surface area contributed by atoms with Crippen molar-refractivity contribution in [1.82, 2.24) is 20.2 Å². The summed E-state index contributed by atoms with van der Waals surface area (Å²) in [4.78, 5) is 21.2. The average Bonchev–Trinajstić information content (AvgIpc) is 2.80. The van der Waals surface area contributed by atoms with E-state index < -0.39 is 0 Å². The van der Waals surface area contributed by atoms with Crippen molar-refractivity contribution in [3.8, 4) is 28.5 Å². The third kappa shape index (κ3) is 4.85. The van der Waals surface area contributed by atoms with Gasteiger partial charge in [-0.3, -0.25) is 14.8 Å². The Morgan fingerprint density at radius 1 is 0.968 bits per heavy atom. The first kappa shape index (κ1) is 20.0. The van der Waals surface area contributed by atoms with Crippen LogP contribution in [0.15, 0.2) is 73.2 Å². The Morgan fingerprint density at radius 3 is 2.58 bits per heavy atom. The molecule has 6 nitrogen and oxygen atoms in total. The molecule has 0 radical (unpaired) electrons. The Morgan fingerprint density at radius 2 is 1.87 bits per heavy atom. The van der Waals surface area contributed by atoms with Gasteiger partial charge in [-0.1, -0.05) is 12.1 Å². The molecule has 4 aromatic rings. The van der Waals surface area contributed by atoms with Crippen LogP contribution in [-0.4, -0.2) is 25.9 Å². The van der Waals surface area contributed by atoms with Crippen LogP contribution in [-0.2, 0) is 17.6 Å². The summed E-state index contributed by atoms with van der Waals surface area (Å²) in [7, 11) is 0. The molecule has 0 fully saturated rings. The van der Waals surface area contributed by atoms with Crippen molar-refractivity contribution >= 4 is 5.78 Å². The van der Waals surface area contributed by atoms with Crippen molar-refractivity contribution in [1.29, 1.82) is 5.26 Å². The van der Waals surface area contributed by atoms with Gasteiger partial charge in [0.25, 0.3) is 0 Å². The van der Waals surface area contributed by atoms with Gasteiger partial charge >= 0.3 is 0 Å². The second-order valence-corrected chi connectivity index (χ2v) is 7.22. The van der Waals surface area contributed by atoms with E-state index in [2.05, 4.69) is 26.2 Å². The molecule has 0 saturated heterocycles. The maximum absolute atomic E-state index is 12.6. The quantitative estimate of drug-likeness (QED) is 0.479. The van der Waals surface area contributed by atoms with E-state index >= 15 is 0 Å². The number of carbonyl (C=O) groups is 1. The number of rotatable bonds is 6. The topological polar surface area (TPSA) is 92.4 Å². The van der Waals surface area contributed by atoms with Gasteiger partial charge in [0.15, 0.2) is 0 Å². The average molecular weight is 405 g/mol. The number of nitrogens with zero attached hydrogens (tertiary/aromatic N) is 5. The van der Waals surface area contributed by atoms with E-state index in [0.29, 0.717) is 11.3 Å². The Hall–Kier alpha value is -4.24. The van der Waals surface area contributed by atoms with Crippen LogP contribution < -0.4 is 0 Å². The number of carbonyl (C=O) groups excluding carboxylic acids is 1. The molecule has 0 aliphatic rings. The smallest absolute Gasteiger partial charge is 0.143 e. The molecule has 0 aliphatic carbocycles. The van der Waals surface area contributed by atoms with Gasteiger partial charge in [0, 0.05) is 48.4 Å². The zero-order valence-electron chi connectivity index (χ0n) is 17.0. The maximum atomic E-state index is 12.6. The normalized spacial score (nSPS) is 10.5. The van der Waals surface area contributed by atoms with Crippen LogP contribution in [0.2, 0.25) is 0 Å². The molecular formula is C25H19N5O. The third-order valence-electron chi connectivity index (χ3n) is 4.88. The van der Waals surface area contributed by atoms with Gasteiger partial charge in [-0.25, -0.2) is 0 Å². The number of ketones is 1. The van der Waals surface area contributed by atoms with Crippen molar-refractivity contribution in [2.75, 3.05) is 0 Å². The lowest BCUT2D eigenvalue weighted by molar-refractivity contribution is -0.117.